The van der Waals surface area contributed by atoms with Crippen LogP contribution in [0.2, 0.25) is 0 Å². The van der Waals surface area contributed by atoms with Gasteiger partial charge in [0.15, 0.2) is 0 Å². The molecule has 88 valence electrons. The van der Waals surface area contributed by atoms with Crippen LogP contribution in [0.4, 0.5) is 0 Å². The summed E-state index contributed by atoms with van der Waals surface area (Å²) in [5.41, 5.74) is 8.03. The quantitative estimate of drug-likeness (QED) is 0.634. The maximum Gasteiger partial charge on any atom is 0.125 e. The SMILES string of the molecule is Cn1nccc1CCN=C(N)c1ccccc1. The summed E-state index contributed by atoms with van der Waals surface area (Å²) < 4.78 is 1.86. The number of nitrogens with zero attached hydrogens (tertiary/aromatic N) is 3. The molecule has 0 radical (unpaired) electrons. The van der Waals surface area contributed by atoms with E-state index in [1.807, 2.05) is 48.1 Å². The zero-order chi connectivity index (χ0) is 12.1. The van der Waals surface area contributed by atoms with Crippen LogP contribution in [0.15, 0.2) is 47.6 Å². The van der Waals surface area contributed by atoms with Crippen LogP contribution in [0.5, 0.6) is 0 Å². The van der Waals surface area contributed by atoms with Crippen molar-refractivity contribution >= 4 is 5.84 Å². The molecule has 0 saturated carbocycles. The van der Waals surface area contributed by atoms with E-state index >= 15 is 0 Å². The van der Waals surface area contributed by atoms with Crippen molar-refractivity contribution in [1.29, 1.82) is 0 Å². The van der Waals surface area contributed by atoms with Gasteiger partial charge in [0.25, 0.3) is 0 Å². The summed E-state index contributed by atoms with van der Waals surface area (Å²) in [6.45, 7) is 0.681. The number of hydrogen-bond donors (Lipinski definition) is 1. The first-order valence-electron chi connectivity index (χ1n) is 5.59. The molecule has 0 bridgehead atoms. The highest BCUT2D eigenvalue weighted by atomic mass is 15.3. The lowest BCUT2D eigenvalue weighted by molar-refractivity contribution is 0.707. The Kier molecular flexibility index (Phi) is 3.55. The number of rotatable bonds is 4. The van der Waals surface area contributed by atoms with Crippen molar-refractivity contribution < 1.29 is 0 Å². The van der Waals surface area contributed by atoms with Crippen LogP contribution < -0.4 is 5.73 Å². The molecular weight excluding hydrogens is 212 g/mol. The van der Waals surface area contributed by atoms with Gasteiger partial charge in [-0.25, -0.2) is 0 Å². The summed E-state index contributed by atoms with van der Waals surface area (Å²) in [6, 6.07) is 11.8. The van der Waals surface area contributed by atoms with E-state index in [1.54, 1.807) is 6.20 Å². The molecule has 0 aliphatic rings. The molecule has 4 heteroatoms. The molecule has 0 aliphatic carbocycles. The highest BCUT2D eigenvalue weighted by Crippen LogP contribution is 2.00. The van der Waals surface area contributed by atoms with Crippen molar-refractivity contribution in [3.63, 3.8) is 0 Å². The Bertz CT molecular complexity index is 499. The van der Waals surface area contributed by atoms with E-state index in [9.17, 15) is 0 Å². The van der Waals surface area contributed by atoms with E-state index in [4.69, 9.17) is 5.73 Å². The van der Waals surface area contributed by atoms with Crippen LogP contribution in [-0.2, 0) is 13.5 Å². The lowest BCUT2D eigenvalue weighted by Gasteiger charge is -2.01. The Morgan fingerprint density at radius 1 is 1.29 bits per heavy atom. The predicted molar refractivity (Wildman–Crippen MR) is 68.9 cm³/mol. The molecule has 4 nitrogen and oxygen atoms in total. The van der Waals surface area contributed by atoms with Gasteiger partial charge in [-0.2, -0.15) is 5.10 Å². The van der Waals surface area contributed by atoms with Crippen LogP contribution in [0.25, 0.3) is 0 Å². The van der Waals surface area contributed by atoms with Gasteiger partial charge >= 0.3 is 0 Å². The van der Waals surface area contributed by atoms with E-state index in [0.717, 1.165) is 17.7 Å². The Balaban J connectivity index is 1.95. The number of amidine groups is 1. The average molecular weight is 228 g/mol. The Hall–Kier alpha value is -2.10. The van der Waals surface area contributed by atoms with Gasteiger partial charge in [-0.15, -0.1) is 0 Å². The molecule has 17 heavy (non-hydrogen) atoms. The summed E-state index contributed by atoms with van der Waals surface area (Å²) in [5, 5.41) is 4.11. The van der Waals surface area contributed by atoms with Gasteiger partial charge in [-0.3, -0.25) is 9.67 Å². The molecule has 2 aromatic rings. The lowest BCUT2D eigenvalue weighted by atomic mass is 10.2. The Labute approximate surface area is 101 Å². The number of hydrogen-bond acceptors (Lipinski definition) is 2. The van der Waals surface area contributed by atoms with Crippen LogP contribution in [-0.4, -0.2) is 22.2 Å². The Morgan fingerprint density at radius 2 is 2.06 bits per heavy atom. The molecule has 0 unspecified atom stereocenters. The summed E-state index contributed by atoms with van der Waals surface area (Å²) in [5.74, 6) is 0.591. The number of aryl methyl sites for hydroxylation is 1. The third-order valence-electron chi connectivity index (χ3n) is 2.64. The van der Waals surface area contributed by atoms with Crippen molar-refractivity contribution in [2.75, 3.05) is 6.54 Å². The number of nitrogens with two attached hydrogens (primary N) is 1. The normalized spacial score (nSPS) is 11.7. The second kappa shape index (κ2) is 5.30. The molecular formula is C13H16N4. The smallest absolute Gasteiger partial charge is 0.125 e. The summed E-state index contributed by atoms with van der Waals surface area (Å²) in [7, 11) is 1.93. The van der Waals surface area contributed by atoms with E-state index in [0.29, 0.717) is 12.4 Å². The molecule has 1 aromatic heterocycles. The first-order valence-corrected chi connectivity index (χ1v) is 5.59. The molecule has 0 spiro atoms. The fourth-order valence-electron chi connectivity index (χ4n) is 1.64. The van der Waals surface area contributed by atoms with Crippen LogP contribution in [0.3, 0.4) is 0 Å². The summed E-state index contributed by atoms with van der Waals surface area (Å²) in [6.07, 6.45) is 2.64. The second-order valence-corrected chi connectivity index (χ2v) is 3.83. The monoisotopic (exact) mass is 228 g/mol. The first kappa shape index (κ1) is 11.4. The molecule has 0 amide bonds. The van der Waals surface area contributed by atoms with E-state index in [1.165, 1.54) is 0 Å². The minimum atomic E-state index is 0.591. The van der Waals surface area contributed by atoms with Crippen molar-refractivity contribution in [2.45, 2.75) is 6.42 Å². The van der Waals surface area contributed by atoms with Gasteiger partial charge in [-0.1, -0.05) is 30.3 Å². The van der Waals surface area contributed by atoms with E-state index in [2.05, 4.69) is 10.1 Å². The standard InChI is InChI=1S/C13H16N4/c1-17-12(8-10-16-17)7-9-15-13(14)11-5-3-2-4-6-11/h2-6,8,10H,7,9H2,1H3,(H2,14,15). The number of aromatic nitrogens is 2. The second-order valence-electron chi connectivity index (χ2n) is 3.83. The highest BCUT2D eigenvalue weighted by molar-refractivity contribution is 5.97. The van der Waals surface area contributed by atoms with Gasteiger partial charge in [0.1, 0.15) is 5.84 Å². The highest BCUT2D eigenvalue weighted by Gasteiger charge is 1.99. The van der Waals surface area contributed by atoms with Crippen LogP contribution in [0, 0.1) is 0 Å². The number of aliphatic imine (C=N–C) groups is 1. The van der Waals surface area contributed by atoms with Crippen molar-refractivity contribution in [3.05, 3.63) is 53.9 Å². The third-order valence-corrected chi connectivity index (χ3v) is 2.64. The molecule has 0 saturated heterocycles. The molecule has 1 aromatic carbocycles. The van der Waals surface area contributed by atoms with Crippen LogP contribution in [0.1, 0.15) is 11.3 Å². The van der Waals surface area contributed by atoms with E-state index < -0.39 is 0 Å². The van der Waals surface area contributed by atoms with Gasteiger partial charge in [0.05, 0.1) is 0 Å². The lowest BCUT2D eigenvalue weighted by Crippen LogP contribution is -2.14. The van der Waals surface area contributed by atoms with Crippen LogP contribution >= 0.6 is 0 Å². The topological polar surface area (TPSA) is 56.2 Å². The predicted octanol–water partition coefficient (Wildman–Crippen LogP) is 1.37. The molecule has 2 rings (SSSR count). The summed E-state index contributed by atoms with van der Waals surface area (Å²) in [4.78, 5) is 4.36. The van der Waals surface area contributed by atoms with Crippen molar-refractivity contribution in [1.82, 2.24) is 9.78 Å². The zero-order valence-electron chi connectivity index (χ0n) is 9.87. The molecule has 0 atom stereocenters. The van der Waals surface area contributed by atoms with E-state index in [-0.39, 0.29) is 0 Å². The van der Waals surface area contributed by atoms with Gasteiger partial charge in [0, 0.05) is 37.5 Å². The summed E-state index contributed by atoms with van der Waals surface area (Å²) >= 11 is 0. The molecule has 0 aliphatic heterocycles. The molecule has 0 fully saturated rings. The maximum atomic E-state index is 5.90. The molecule has 2 N–H and O–H groups in total. The van der Waals surface area contributed by atoms with Gasteiger partial charge in [0.2, 0.25) is 0 Å². The fraction of sp³-hybridized carbons (Fsp3) is 0.231. The average Bonchev–Trinajstić information content (AvgIpc) is 2.76. The third kappa shape index (κ3) is 2.93. The minimum Gasteiger partial charge on any atom is -0.384 e. The van der Waals surface area contributed by atoms with Gasteiger partial charge in [-0.05, 0) is 6.07 Å². The molecule has 1 heterocycles. The maximum absolute atomic E-state index is 5.90. The largest absolute Gasteiger partial charge is 0.384 e. The minimum absolute atomic E-state index is 0.591. The fourth-order valence-corrected chi connectivity index (χ4v) is 1.64. The zero-order valence-corrected chi connectivity index (χ0v) is 9.87. The van der Waals surface area contributed by atoms with Gasteiger partial charge < -0.3 is 5.73 Å². The van der Waals surface area contributed by atoms with Crippen molar-refractivity contribution in [2.24, 2.45) is 17.8 Å². The van der Waals surface area contributed by atoms with Crippen molar-refractivity contribution in [3.8, 4) is 0 Å². The number of benzene rings is 1. The first-order chi connectivity index (χ1) is 8.27. The Morgan fingerprint density at radius 3 is 2.71 bits per heavy atom.